The van der Waals surface area contributed by atoms with Gasteiger partial charge in [-0.2, -0.15) is 5.10 Å². The predicted octanol–water partition coefficient (Wildman–Crippen LogP) is 4.81. The lowest BCUT2D eigenvalue weighted by Crippen LogP contribution is -2.19. The molecule has 0 aliphatic heterocycles. The standard InChI is InChI=1S/C24H18N2O3S/c27-23(15-20-7-4-14-30-20)26-25-16-17-10-12-19(13-11-17)29-24(28)22-9-3-6-18-5-1-2-8-21(18)22/h1-14,16H,15H2,(H,26,27)/b25-16-. The first kappa shape index (κ1) is 19.5. The monoisotopic (exact) mass is 414 g/mol. The van der Waals surface area contributed by atoms with Crippen molar-refractivity contribution >= 4 is 40.2 Å². The molecule has 0 saturated heterocycles. The summed E-state index contributed by atoms with van der Waals surface area (Å²) in [5.74, 6) is -0.143. The highest BCUT2D eigenvalue weighted by Gasteiger charge is 2.12. The number of hydrogen-bond acceptors (Lipinski definition) is 5. The molecular formula is C24H18N2O3S. The molecule has 0 saturated carbocycles. The molecule has 0 spiro atoms. The third-order valence-corrected chi connectivity index (χ3v) is 5.29. The molecule has 6 heteroatoms. The molecule has 1 amide bonds. The Balaban J connectivity index is 1.36. The summed E-state index contributed by atoms with van der Waals surface area (Å²) in [5, 5.41) is 7.74. The van der Waals surface area contributed by atoms with E-state index in [1.54, 1.807) is 36.5 Å². The molecule has 0 fully saturated rings. The van der Waals surface area contributed by atoms with Crippen LogP contribution < -0.4 is 10.2 Å². The van der Waals surface area contributed by atoms with Crippen LogP contribution in [0.15, 0.2) is 89.3 Å². The van der Waals surface area contributed by atoms with Crippen LogP contribution in [0.4, 0.5) is 0 Å². The van der Waals surface area contributed by atoms with Gasteiger partial charge in [0.2, 0.25) is 5.91 Å². The first-order valence-electron chi connectivity index (χ1n) is 9.33. The van der Waals surface area contributed by atoms with E-state index in [0.717, 1.165) is 21.2 Å². The fraction of sp³-hybridized carbons (Fsp3) is 0.0417. The summed E-state index contributed by atoms with van der Waals surface area (Å²) in [5.41, 5.74) is 3.80. The van der Waals surface area contributed by atoms with Gasteiger partial charge < -0.3 is 4.74 Å². The van der Waals surface area contributed by atoms with Crippen LogP contribution in [-0.4, -0.2) is 18.1 Å². The minimum atomic E-state index is -0.408. The van der Waals surface area contributed by atoms with Gasteiger partial charge in [-0.25, -0.2) is 10.2 Å². The number of benzene rings is 3. The minimum Gasteiger partial charge on any atom is -0.423 e. The van der Waals surface area contributed by atoms with E-state index in [1.165, 1.54) is 11.3 Å². The molecule has 4 rings (SSSR count). The molecule has 1 heterocycles. The van der Waals surface area contributed by atoms with E-state index in [1.807, 2.05) is 53.9 Å². The van der Waals surface area contributed by atoms with E-state index in [-0.39, 0.29) is 5.91 Å². The second-order valence-electron chi connectivity index (χ2n) is 6.53. The van der Waals surface area contributed by atoms with Crippen molar-refractivity contribution in [3.8, 4) is 5.75 Å². The van der Waals surface area contributed by atoms with E-state index in [2.05, 4.69) is 10.5 Å². The largest absolute Gasteiger partial charge is 0.423 e. The summed E-state index contributed by atoms with van der Waals surface area (Å²) < 4.78 is 5.51. The first-order chi connectivity index (χ1) is 14.7. The van der Waals surface area contributed by atoms with Gasteiger partial charge in [0.15, 0.2) is 0 Å². The molecule has 0 aliphatic rings. The summed E-state index contributed by atoms with van der Waals surface area (Å²) in [4.78, 5) is 25.4. The maximum Gasteiger partial charge on any atom is 0.344 e. The fourth-order valence-electron chi connectivity index (χ4n) is 2.98. The summed E-state index contributed by atoms with van der Waals surface area (Å²) in [6.07, 6.45) is 1.85. The Labute approximate surface area is 177 Å². The summed E-state index contributed by atoms with van der Waals surface area (Å²) in [7, 11) is 0. The number of nitrogens with zero attached hydrogens (tertiary/aromatic N) is 1. The molecule has 0 aliphatic carbocycles. The number of carbonyl (C=O) groups is 2. The van der Waals surface area contributed by atoms with E-state index >= 15 is 0 Å². The van der Waals surface area contributed by atoms with Crippen LogP contribution in [-0.2, 0) is 11.2 Å². The minimum absolute atomic E-state index is 0.172. The molecule has 4 aromatic rings. The Kier molecular flexibility index (Phi) is 5.96. The molecule has 3 aromatic carbocycles. The fourth-order valence-corrected chi connectivity index (χ4v) is 3.68. The molecule has 0 radical (unpaired) electrons. The van der Waals surface area contributed by atoms with Crippen molar-refractivity contribution in [2.45, 2.75) is 6.42 Å². The molecule has 1 aromatic heterocycles. The highest BCUT2D eigenvalue weighted by Crippen LogP contribution is 2.21. The van der Waals surface area contributed by atoms with Crippen molar-refractivity contribution in [2.24, 2.45) is 5.10 Å². The highest BCUT2D eigenvalue weighted by atomic mass is 32.1. The number of amides is 1. The lowest BCUT2D eigenvalue weighted by molar-refractivity contribution is -0.120. The van der Waals surface area contributed by atoms with Gasteiger partial charge >= 0.3 is 5.97 Å². The van der Waals surface area contributed by atoms with Gasteiger partial charge in [-0.1, -0.05) is 42.5 Å². The van der Waals surface area contributed by atoms with Gasteiger partial charge in [-0.05, 0) is 58.1 Å². The smallest absolute Gasteiger partial charge is 0.344 e. The molecule has 5 nitrogen and oxygen atoms in total. The van der Waals surface area contributed by atoms with Crippen LogP contribution in [0, 0.1) is 0 Å². The van der Waals surface area contributed by atoms with E-state index in [9.17, 15) is 9.59 Å². The SMILES string of the molecule is O=C(Cc1cccs1)N/N=C\c1ccc(OC(=O)c2cccc3ccccc23)cc1. The Bertz CT molecular complexity index is 1190. The van der Waals surface area contributed by atoms with Gasteiger partial charge in [0.05, 0.1) is 18.2 Å². The van der Waals surface area contributed by atoms with Crippen LogP contribution in [0.3, 0.4) is 0 Å². The van der Waals surface area contributed by atoms with Crippen molar-refractivity contribution in [3.63, 3.8) is 0 Å². The zero-order chi connectivity index (χ0) is 20.8. The van der Waals surface area contributed by atoms with Gasteiger partial charge in [-0.15, -0.1) is 11.3 Å². The van der Waals surface area contributed by atoms with Crippen molar-refractivity contribution in [1.82, 2.24) is 5.43 Å². The number of rotatable bonds is 6. The molecule has 0 unspecified atom stereocenters. The predicted molar refractivity (Wildman–Crippen MR) is 119 cm³/mol. The highest BCUT2D eigenvalue weighted by molar-refractivity contribution is 7.10. The van der Waals surface area contributed by atoms with Crippen molar-refractivity contribution < 1.29 is 14.3 Å². The van der Waals surface area contributed by atoms with Gasteiger partial charge in [-0.3, -0.25) is 4.79 Å². The molecule has 0 bridgehead atoms. The molecular weight excluding hydrogens is 396 g/mol. The lowest BCUT2D eigenvalue weighted by Gasteiger charge is -2.07. The maximum atomic E-state index is 12.6. The van der Waals surface area contributed by atoms with Crippen LogP contribution in [0.5, 0.6) is 5.75 Å². The Morgan fingerprint density at radius 2 is 1.73 bits per heavy atom. The number of esters is 1. The summed E-state index contributed by atoms with van der Waals surface area (Å²) in [6.45, 7) is 0. The van der Waals surface area contributed by atoms with Gasteiger partial charge in [0.1, 0.15) is 5.75 Å². The molecule has 0 atom stereocenters. The Hall–Kier alpha value is -3.77. The number of nitrogens with one attached hydrogen (secondary N) is 1. The first-order valence-corrected chi connectivity index (χ1v) is 10.2. The quantitative estimate of drug-likeness (QED) is 0.213. The number of thiophene rings is 1. The molecule has 30 heavy (non-hydrogen) atoms. The maximum absolute atomic E-state index is 12.6. The van der Waals surface area contributed by atoms with Gasteiger partial charge in [0, 0.05) is 4.88 Å². The van der Waals surface area contributed by atoms with E-state index < -0.39 is 5.97 Å². The van der Waals surface area contributed by atoms with Crippen LogP contribution in [0.2, 0.25) is 0 Å². The molecule has 148 valence electrons. The van der Waals surface area contributed by atoms with Crippen LogP contribution in [0.1, 0.15) is 20.8 Å². The summed E-state index contributed by atoms with van der Waals surface area (Å²) >= 11 is 1.53. The average Bonchev–Trinajstić information content (AvgIpc) is 3.27. The van der Waals surface area contributed by atoms with E-state index in [4.69, 9.17) is 4.74 Å². The Morgan fingerprint density at radius 1 is 0.933 bits per heavy atom. The summed E-state index contributed by atoms with van der Waals surface area (Å²) in [6, 6.07) is 24.0. The van der Waals surface area contributed by atoms with Crippen molar-refractivity contribution in [1.29, 1.82) is 0 Å². The van der Waals surface area contributed by atoms with Crippen LogP contribution >= 0.6 is 11.3 Å². The lowest BCUT2D eigenvalue weighted by atomic mass is 10.0. The number of ether oxygens (including phenoxy) is 1. The average molecular weight is 414 g/mol. The second-order valence-corrected chi connectivity index (χ2v) is 7.57. The molecule has 1 N–H and O–H groups in total. The van der Waals surface area contributed by atoms with Gasteiger partial charge in [0.25, 0.3) is 0 Å². The number of hydrogen-bond donors (Lipinski definition) is 1. The number of fused-ring (bicyclic) bond motifs is 1. The normalized spacial score (nSPS) is 10.9. The third kappa shape index (κ3) is 4.79. The second kappa shape index (κ2) is 9.15. The van der Waals surface area contributed by atoms with Crippen molar-refractivity contribution in [2.75, 3.05) is 0 Å². The van der Waals surface area contributed by atoms with Crippen molar-refractivity contribution in [3.05, 3.63) is 100 Å². The number of carbonyl (C=O) groups excluding carboxylic acids is 2. The van der Waals surface area contributed by atoms with Crippen LogP contribution in [0.25, 0.3) is 10.8 Å². The number of hydrazone groups is 1. The Morgan fingerprint density at radius 3 is 2.53 bits per heavy atom. The zero-order valence-corrected chi connectivity index (χ0v) is 16.8. The van der Waals surface area contributed by atoms with E-state index in [0.29, 0.717) is 17.7 Å². The third-order valence-electron chi connectivity index (χ3n) is 4.42. The zero-order valence-electron chi connectivity index (χ0n) is 15.9. The topological polar surface area (TPSA) is 67.8 Å².